The lowest BCUT2D eigenvalue weighted by atomic mass is 10.3. The van der Waals surface area contributed by atoms with Gasteiger partial charge in [0.2, 0.25) is 0 Å². The maximum atomic E-state index is 11.8. The molecule has 2 aromatic rings. The van der Waals surface area contributed by atoms with Gasteiger partial charge in [0.05, 0.1) is 23.8 Å². The molecule has 0 aliphatic heterocycles. The van der Waals surface area contributed by atoms with Crippen LogP contribution < -0.4 is 5.56 Å². The molecular formula is C9H10N4O. The molecule has 0 aliphatic carbocycles. The van der Waals surface area contributed by atoms with Crippen LogP contribution in [0.1, 0.15) is 19.9 Å². The quantitative estimate of drug-likeness (QED) is 0.666. The molecule has 5 heteroatoms. The summed E-state index contributed by atoms with van der Waals surface area (Å²) in [6.45, 7) is 3.82. The average Bonchev–Trinajstić information content (AvgIpc) is 2.18. The van der Waals surface area contributed by atoms with E-state index in [2.05, 4.69) is 15.3 Å². The third-order valence-corrected chi connectivity index (χ3v) is 1.98. The van der Waals surface area contributed by atoms with Crippen molar-refractivity contribution in [2.75, 3.05) is 0 Å². The number of aromatic nitrogens is 4. The smallest absolute Gasteiger partial charge is 0.267 e. The molecule has 0 saturated heterocycles. The molecule has 5 nitrogen and oxygen atoms in total. The normalized spacial score (nSPS) is 11.1. The minimum atomic E-state index is -0.118. The van der Waals surface area contributed by atoms with Gasteiger partial charge in [-0.3, -0.25) is 4.79 Å². The average molecular weight is 190 g/mol. The number of hydrogen-bond donors (Lipinski definition) is 0. The van der Waals surface area contributed by atoms with Crippen molar-refractivity contribution >= 4 is 10.9 Å². The van der Waals surface area contributed by atoms with Gasteiger partial charge in [0, 0.05) is 0 Å². The summed E-state index contributed by atoms with van der Waals surface area (Å²) >= 11 is 0. The summed E-state index contributed by atoms with van der Waals surface area (Å²) in [6.07, 6.45) is 3.07. The molecule has 0 atom stereocenters. The van der Waals surface area contributed by atoms with Crippen LogP contribution in [0.15, 0.2) is 23.3 Å². The molecule has 0 bridgehead atoms. The monoisotopic (exact) mass is 190 g/mol. The van der Waals surface area contributed by atoms with Crippen molar-refractivity contribution in [2.24, 2.45) is 0 Å². The molecular weight excluding hydrogens is 180 g/mol. The zero-order valence-corrected chi connectivity index (χ0v) is 8.01. The predicted molar refractivity (Wildman–Crippen MR) is 52.0 cm³/mol. The molecule has 0 spiro atoms. The summed E-state index contributed by atoms with van der Waals surface area (Å²) in [5.41, 5.74) is 0.418. The number of hydrogen-bond acceptors (Lipinski definition) is 4. The standard InChI is InChI=1S/C9H10N4O/c1-6(2)13-9(14)7-3-4-10-12-8(7)5-11-13/h3-6H,1-2H3. The van der Waals surface area contributed by atoms with Gasteiger partial charge in [-0.1, -0.05) is 0 Å². The molecule has 2 heterocycles. The molecule has 0 amide bonds. The van der Waals surface area contributed by atoms with Crippen LogP contribution in [0.4, 0.5) is 0 Å². The minimum Gasteiger partial charge on any atom is -0.267 e. The zero-order valence-electron chi connectivity index (χ0n) is 8.01. The van der Waals surface area contributed by atoms with Crippen LogP contribution in [-0.2, 0) is 0 Å². The lowest BCUT2D eigenvalue weighted by molar-refractivity contribution is 0.507. The molecule has 2 aromatic heterocycles. The van der Waals surface area contributed by atoms with Crippen LogP contribution in [0.5, 0.6) is 0 Å². The van der Waals surface area contributed by atoms with E-state index < -0.39 is 0 Å². The second kappa shape index (κ2) is 3.17. The highest BCUT2D eigenvalue weighted by molar-refractivity contribution is 5.75. The van der Waals surface area contributed by atoms with E-state index in [1.165, 1.54) is 10.9 Å². The van der Waals surface area contributed by atoms with E-state index >= 15 is 0 Å². The summed E-state index contributed by atoms with van der Waals surface area (Å²) in [5.74, 6) is 0. The third-order valence-electron chi connectivity index (χ3n) is 1.98. The van der Waals surface area contributed by atoms with Gasteiger partial charge in [0.1, 0.15) is 5.52 Å². The number of fused-ring (bicyclic) bond motifs is 1. The van der Waals surface area contributed by atoms with E-state index in [0.717, 1.165) is 0 Å². The topological polar surface area (TPSA) is 60.7 Å². The molecule has 0 aliphatic rings. The van der Waals surface area contributed by atoms with Gasteiger partial charge in [-0.05, 0) is 19.9 Å². The van der Waals surface area contributed by atoms with E-state index in [1.54, 1.807) is 12.3 Å². The highest BCUT2D eigenvalue weighted by Crippen LogP contribution is 2.04. The van der Waals surface area contributed by atoms with Crippen LogP contribution >= 0.6 is 0 Å². The molecule has 2 rings (SSSR count). The molecule has 0 aromatic carbocycles. The van der Waals surface area contributed by atoms with Crippen molar-refractivity contribution in [3.8, 4) is 0 Å². The highest BCUT2D eigenvalue weighted by atomic mass is 16.1. The van der Waals surface area contributed by atoms with E-state index in [-0.39, 0.29) is 11.6 Å². The van der Waals surface area contributed by atoms with Gasteiger partial charge < -0.3 is 0 Å². The van der Waals surface area contributed by atoms with Crippen molar-refractivity contribution in [2.45, 2.75) is 19.9 Å². The minimum absolute atomic E-state index is 0.0556. The van der Waals surface area contributed by atoms with E-state index in [0.29, 0.717) is 10.9 Å². The van der Waals surface area contributed by atoms with Crippen LogP contribution in [-0.4, -0.2) is 20.0 Å². The van der Waals surface area contributed by atoms with Crippen LogP contribution in [0.2, 0.25) is 0 Å². The van der Waals surface area contributed by atoms with Gasteiger partial charge in [0.25, 0.3) is 5.56 Å². The molecule has 0 saturated carbocycles. The van der Waals surface area contributed by atoms with Gasteiger partial charge in [-0.15, -0.1) is 5.10 Å². The maximum Gasteiger partial charge on any atom is 0.276 e. The van der Waals surface area contributed by atoms with Gasteiger partial charge in [-0.25, -0.2) is 4.68 Å². The molecule has 72 valence electrons. The largest absolute Gasteiger partial charge is 0.276 e. The molecule has 0 fully saturated rings. The first-order chi connectivity index (χ1) is 6.70. The Hall–Kier alpha value is -1.78. The Morgan fingerprint density at radius 2 is 2.21 bits per heavy atom. The van der Waals surface area contributed by atoms with E-state index in [4.69, 9.17) is 0 Å². The molecule has 0 unspecified atom stereocenters. The molecule has 0 radical (unpaired) electrons. The van der Waals surface area contributed by atoms with Gasteiger partial charge >= 0.3 is 0 Å². The second-order valence-electron chi connectivity index (χ2n) is 3.32. The Morgan fingerprint density at radius 1 is 1.43 bits per heavy atom. The fourth-order valence-electron chi connectivity index (χ4n) is 1.28. The fourth-order valence-corrected chi connectivity index (χ4v) is 1.28. The summed E-state index contributed by atoms with van der Waals surface area (Å²) in [4.78, 5) is 11.8. The third kappa shape index (κ3) is 1.26. The SMILES string of the molecule is CC(C)n1ncc2nnccc2c1=O. The Bertz CT molecular complexity index is 517. The van der Waals surface area contributed by atoms with E-state index in [1.807, 2.05) is 13.8 Å². The van der Waals surface area contributed by atoms with Crippen molar-refractivity contribution in [1.29, 1.82) is 0 Å². The van der Waals surface area contributed by atoms with Crippen LogP contribution in [0.3, 0.4) is 0 Å². The summed E-state index contributed by atoms with van der Waals surface area (Å²) < 4.78 is 1.43. The first-order valence-electron chi connectivity index (χ1n) is 4.39. The van der Waals surface area contributed by atoms with Crippen molar-refractivity contribution in [3.05, 3.63) is 28.8 Å². The lowest BCUT2D eigenvalue weighted by Gasteiger charge is -2.07. The van der Waals surface area contributed by atoms with E-state index in [9.17, 15) is 4.79 Å². The zero-order chi connectivity index (χ0) is 10.1. The Balaban J connectivity index is 2.82. The molecule has 0 N–H and O–H groups in total. The highest BCUT2D eigenvalue weighted by Gasteiger charge is 2.06. The summed E-state index contributed by atoms with van der Waals surface area (Å²) in [5, 5.41) is 12.1. The fraction of sp³-hybridized carbons (Fsp3) is 0.333. The summed E-state index contributed by atoms with van der Waals surface area (Å²) in [6, 6.07) is 1.71. The number of rotatable bonds is 1. The van der Waals surface area contributed by atoms with Gasteiger partial charge in [-0.2, -0.15) is 10.2 Å². The van der Waals surface area contributed by atoms with Crippen molar-refractivity contribution < 1.29 is 0 Å². The Kier molecular flexibility index (Phi) is 1.99. The Labute approximate surface area is 80.4 Å². The summed E-state index contributed by atoms with van der Waals surface area (Å²) in [7, 11) is 0. The molecule has 14 heavy (non-hydrogen) atoms. The van der Waals surface area contributed by atoms with Gasteiger partial charge in [0.15, 0.2) is 0 Å². The van der Waals surface area contributed by atoms with Crippen molar-refractivity contribution in [3.63, 3.8) is 0 Å². The Morgan fingerprint density at radius 3 is 2.93 bits per heavy atom. The second-order valence-corrected chi connectivity index (χ2v) is 3.32. The maximum absolute atomic E-state index is 11.8. The number of nitrogens with zero attached hydrogens (tertiary/aromatic N) is 4. The van der Waals surface area contributed by atoms with Crippen LogP contribution in [0, 0.1) is 0 Å². The predicted octanol–water partition coefficient (Wildman–Crippen LogP) is 0.767. The first-order valence-corrected chi connectivity index (χ1v) is 4.39. The lowest BCUT2D eigenvalue weighted by Crippen LogP contribution is -2.24. The first kappa shape index (κ1) is 8.80. The van der Waals surface area contributed by atoms with Crippen LogP contribution in [0.25, 0.3) is 10.9 Å². The van der Waals surface area contributed by atoms with Crippen molar-refractivity contribution in [1.82, 2.24) is 20.0 Å².